The van der Waals surface area contributed by atoms with Crippen LogP contribution in [-0.2, 0) is 6.42 Å². The van der Waals surface area contributed by atoms with Crippen LogP contribution in [0.5, 0.6) is 0 Å². The van der Waals surface area contributed by atoms with E-state index in [0.717, 1.165) is 11.3 Å². The first-order chi connectivity index (χ1) is 9.08. The van der Waals surface area contributed by atoms with Gasteiger partial charge >= 0.3 is 0 Å². The number of carbonyl (C=O) groups excluding carboxylic acids is 1. The molecule has 1 heterocycles. The standard InChI is InChI=1S/C15H15ClN2O/c1-18(2)13-5-3-4-12(8-13)15(19)9-11-6-7-17-10-14(11)16/h3-8,10H,9H2,1-2H3. The Morgan fingerprint density at radius 1 is 1.32 bits per heavy atom. The number of Topliss-reactive ketones (excluding diaryl/α,β-unsaturated/α-hetero) is 1. The fourth-order valence-corrected chi connectivity index (χ4v) is 1.97. The predicted octanol–water partition coefficient (Wildman–Crippen LogP) is 3.23. The van der Waals surface area contributed by atoms with Crippen LogP contribution >= 0.6 is 11.6 Å². The van der Waals surface area contributed by atoms with Gasteiger partial charge in [0.2, 0.25) is 0 Å². The zero-order valence-corrected chi connectivity index (χ0v) is 11.7. The van der Waals surface area contributed by atoms with Crippen molar-refractivity contribution in [2.24, 2.45) is 0 Å². The third-order valence-electron chi connectivity index (χ3n) is 2.89. The highest BCUT2D eigenvalue weighted by atomic mass is 35.5. The summed E-state index contributed by atoms with van der Waals surface area (Å²) in [6.45, 7) is 0. The fraction of sp³-hybridized carbons (Fsp3) is 0.200. The van der Waals surface area contributed by atoms with Crippen molar-refractivity contribution in [3.63, 3.8) is 0 Å². The van der Waals surface area contributed by atoms with Crippen molar-refractivity contribution in [1.29, 1.82) is 0 Å². The Morgan fingerprint density at radius 2 is 2.11 bits per heavy atom. The second-order valence-corrected chi connectivity index (χ2v) is 4.92. The number of anilines is 1. The number of carbonyl (C=O) groups is 1. The Labute approximate surface area is 117 Å². The van der Waals surface area contributed by atoms with Gasteiger partial charge in [-0.05, 0) is 23.8 Å². The zero-order valence-electron chi connectivity index (χ0n) is 10.9. The molecule has 0 bridgehead atoms. The summed E-state index contributed by atoms with van der Waals surface area (Å²) in [5.41, 5.74) is 2.50. The second-order valence-electron chi connectivity index (χ2n) is 4.51. The molecule has 0 atom stereocenters. The van der Waals surface area contributed by atoms with Gasteiger partial charge in [-0.3, -0.25) is 9.78 Å². The molecule has 1 aromatic carbocycles. The zero-order chi connectivity index (χ0) is 13.8. The first kappa shape index (κ1) is 13.6. The summed E-state index contributed by atoms with van der Waals surface area (Å²) in [4.78, 5) is 18.1. The molecule has 0 fully saturated rings. The summed E-state index contributed by atoms with van der Waals surface area (Å²) < 4.78 is 0. The van der Waals surface area contributed by atoms with Crippen molar-refractivity contribution in [2.75, 3.05) is 19.0 Å². The lowest BCUT2D eigenvalue weighted by molar-refractivity contribution is 0.0993. The molecule has 2 aromatic rings. The highest BCUT2D eigenvalue weighted by molar-refractivity contribution is 6.31. The van der Waals surface area contributed by atoms with Gasteiger partial charge in [0.1, 0.15) is 0 Å². The van der Waals surface area contributed by atoms with Crippen molar-refractivity contribution >= 4 is 23.1 Å². The Balaban J connectivity index is 2.21. The molecule has 0 spiro atoms. The molecule has 2 rings (SSSR count). The summed E-state index contributed by atoms with van der Waals surface area (Å²) in [5.74, 6) is 0.0526. The van der Waals surface area contributed by atoms with E-state index in [1.807, 2.05) is 43.3 Å². The summed E-state index contributed by atoms with van der Waals surface area (Å²) in [5, 5.41) is 0.527. The molecular weight excluding hydrogens is 260 g/mol. The minimum absolute atomic E-state index is 0.0526. The number of rotatable bonds is 4. The van der Waals surface area contributed by atoms with E-state index in [9.17, 15) is 4.79 Å². The molecule has 0 radical (unpaired) electrons. The smallest absolute Gasteiger partial charge is 0.167 e. The third-order valence-corrected chi connectivity index (χ3v) is 3.23. The SMILES string of the molecule is CN(C)c1cccc(C(=O)Cc2ccncc2Cl)c1. The molecule has 0 aliphatic rings. The molecule has 1 aromatic heterocycles. The molecule has 0 aliphatic carbocycles. The fourth-order valence-electron chi connectivity index (χ4n) is 1.78. The third kappa shape index (κ3) is 3.32. The Hall–Kier alpha value is -1.87. The maximum atomic E-state index is 12.2. The van der Waals surface area contributed by atoms with Crippen molar-refractivity contribution in [3.8, 4) is 0 Å². The maximum Gasteiger partial charge on any atom is 0.167 e. The Morgan fingerprint density at radius 3 is 2.79 bits per heavy atom. The highest BCUT2D eigenvalue weighted by Gasteiger charge is 2.10. The van der Waals surface area contributed by atoms with E-state index in [2.05, 4.69) is 4.98 Å². The van der Waals surface area contributed by atoms with Crippen molar-refractivity contribution in [3.05, 3.63) is 58.9 Å². The van der Waals surface area contributed by atoms with Crippen LogP contribution in [0.3, 0.4) is 0 Å². The Kier molecular flexibility index (Phi) is 4.17. The summed E-state index contributed by atoms with van der Waals surface area (Å²) in [6, 6.07) is 9.34. The number of hydrogen-bond donors (Lipinski definition) is 0. The number of benzene rings is 1. The molecule has 0 N–H and O–H groups in total. The van der Waals surface area contributed by atoms with Crippen LogP contribution in [0, 0.1) is 0 Å². The largest absolute Gasteiger partial charge is 0.378 e. The van der Waals surface area contributed by atoms with Gasteiger partial charge in [-0.1, -0.05) is 23.7 Å². The van der Waals surface area contributed by atoms with E-state index in [0.29, 0.717) is 10.6 Å². The highest BCUT2D eigenvalue weighted by Crippen LogP contribution is 2.18. The van der Waals surface area contributed by atoms with Crippen molar-refractivity contribution < 1.29 is 4.79 Å². The number of nitrogens with zero attached hydrogens (tertiary/aromatic N) is 2. The van der Waals surface area contributed by atoms with Gasteiger partial charge in [0.15, 0.2) is 5.78 Å². The molecule has 0 saturated carbocycles. The van der Waals surface area contributed by atoms with Crippen LogP contribution < -0.4 is 4.90 Å². The van der Waals surface area contributed by atoms with E-state index in [1.54, 1.807) is 18.5 Å². The lowest BCUT2D eigenvalue weighted by Gasteiger charge is -2.13. The minimum atomic E-state index is 0.0526. The van der Waals surface area contributed by atoms with Crippen LogP contribution in [-0.4, -0.2) is 24.9 Å². The van der Waals surface area contributed by atoms with Gasteiger partial charge in [-0.2, -0.15) is 0 Å². The molecule has 0 amide bonds. The molecule has 4 heteroatoms. The average molecular weight is 275 g/mol. The molecule has 19 heavy (non-hydrogen) atoms. The van der Waals surface area contributed by atoms with E-state index >= 15 is 0 Å². The van der Waals surface area contributed by atoms with Gasteiger partial charge in [-0.15, -0.1) is 0 Å². The van der Waals surface area contributed by atoms with E-state index in [1.165, 1.54) is 0 Å². The van der Waals surface area contributed by atoms with Crippen LogP contribution in [0.4, 0.5) is 5.69 Å². The monoisotopic (exact) mass is 274 g/mol. The number of ketones is 1. The summed E-state index contributed by atoms with van der Waals surface area (Å²) in [6.07, 6.45) is 3.49. The van der Waals surface area contributed by atoms with Crippen LogP contribution in [0.2, 0.25) is 5.02 Å². The van der Waals surface area contributed by atoms with Crippen molar-refractivity contribution in [1.82, 2.24) is 4.98 Å². The first-order valence-electron chi connectivity index (χ1n) is 5.97. The van der Waals surface area contributed by atoms with Gasteiger partial charge in [-0.25, -0.2) is 0 Å². The molecule has 0 unspecified atom stereocenters. The van der Waals surface area contributed by atoms with Gasteiger partial charge in [0, 0.05) is 44.2 Å². The van der Waals surface area contributed by atoms with Gasteiger partial charge in [0.25, 0.3) is 0 Å². The lowest BCUT2D eigenvalue weighted by atomic mass is 10.0. The van der Waals surface area contributed by atoms with Crippen molar-refractivity contribution in [2.45, 2.75) is 6.42 Å². The lowest BCUT2D eigenvalue weighted by Crippen LogP contribution is -2.10. The maximum absolute atomic E-state index is 12.2. The van der Waals surface area contributed by atoms with E-state index in [-0.39, 0.29) is 12.2 Å². The molecule has 0 saturated heterocycles. The number of halogens is 1. The summed E-state index contributed by atoms with van der Waals surface area (Å²) in [7, 11) is 3.90. The number of aromatic nitrogens is 1. The topological polar surface area (TPSA) is 33.2 Å². The molecule has 3 nitrogen and oxygen atoms in total. The predicted molar refractivity (Wildman–Crippen MR) is 78.1 cm³/mol. The van der Waals surface area contributed by atoms with E-state index < -0.39 is 0 Å². The van der Waals surface area contributed by atoms with Gasteiger partial charge < -0.3 is 4.90 Å². The number of hydrogen-bond acceptors (Lipinski definition) is 3. The van der Waals surface area contributed by atoms with E-state index in [4.69, 9.17) is 11.6 Å². The van der Waals surface area contributed by atoms with Crippen LogP contribution in [0.15, 0.2) is 42.7 Å². The first-order valence-corrected chi connectivity index (χ1v) is 6.34. The molecule has 0 aliphatic heterocycles. The molecular formula is C15H15ClN2O. The Bertz CT molecular complexity index is 596. The van der Waals surface area contributed by atoms with Gasteiger partial charge in [0.05, 0.1) is 5.02 Å². The van der Waals surface area contributed by atoms with Crippen LogP contribution in [0.1, 0.15) is 15.9 Å². The second kappa shape index (κ2) is 5.85. The molecule has 98 valence electrons. The quantitative estimate of drug-likeness (QED) is 0.803. The normalized spacial score (nSPS) is 10.3. The van der Waals surface area contributed by atoms with Crippen LogP contribution in [0.25, 0.3) is 0 Å². The number of pyridine rings is 1. The minimum Gasteiger partial charge on any atom is -0.378 e. The average Bonchev–Trinajstić information content (AvgIpc) is 2.41. The summed E-state index contributed by atoms with van der Waals surface area (Å²) >= 11 is 6.01.